The molecule has 2 rings (SSSR count). The molecule has 0 radical (unpaired) electrons. The monoisotopic (exact) mass is 293 g/mol. The van der Waals surface area contributed by atoms with Crippen molar-refractivity contribution in [3.63, 3.8) is 0 Å². The molecule has 0 atom stereocenters. The lowest BCUT2D eigenvalue weighted by molar-refractivity contribution is 0.0521. The van der Waals surface area contributed by atoms with Gasteiger partial charge in [0.2, 0.25) is 0 Å². The van der Waals surface area contributed by atoms with Crippen LogP contribution < -0.4 is 5.73 Å². The summed E-state index contributed by atoms with van der Waals surface area (Å²) in [6, 6.07) is 0.374. The number of carbonyl (C=O) groups is 1. The molecule has 5 heteroatoms. The van der Waals surface area contributed by atoms with Crippen LogP contribution in [0.1, 0.15) is 75.2 Å². The van der Waals surface area contributed by atoms with E-state index >= 15 is 0 Å². The quantitative estimate of drug-likeness (QED) is 0.845. The molecule has 0 aromatic carbocycles. The molecular weight excluding hydrogens is 266 g/mol. The second kappa shape index (κ2) is 6.96. The van der Waals surface area contributed by atoms with Gasteiger partial charge in [-0.15, -0.1) is 0 Å². The maximum absolute atomic E-state index is 12.0. The Kier molecular flexibility index (Phi) is 5.26. The Bertz CT molecular complexity index is 488. The molecule has 0 saturated heterocycles. The van der Waals surface area contributed by atoms with Gasteiger partial charge in [-0.1, -0.05) is 20.3 Å². The molecule has 0 bridgehead atoms. The van der Waals surface area contributed by atoms with Crippen LogP contribution in [-0.2, 0) is 11.2 Å². The molecular formula is C16H27N3O2. The molecule has 2 N–H and O–H groups in total. The van der Waals surface area contributed by atoms with Crippen molar-refractivity contribution in [3.05, 3.63) is 11.5 Å². The van der Waals surface area contributed by atoms with Crippen molar-refractivity contribution in [2.24, 2.45) is 5.92 Å². The molecule has 1 aromatic rings. The average molecular weight is 293 g/mol. The lowest BCUT2D eigenvalue weighted by Gasteiger charge is -2.30. The van der Waals surface area contributed by atoms with Gasteiger partial charge >= 0.3 is 5.97 Å². The number of esters is 1. The van der Waals surface area contributed by atoms with Gasteiger partial charge in [-0.25, -0.2) is 9.78 Å². The van der Waals surface area contributed by atoms with Gasteiger partial charge in [0.05, 0.1) is 6.61 Å². The van der Waals surface area contributed by atoms with Crippen molar-refractivity contribution >= 4 is 11.8 Å². The number of carbonyl (C=O) groups excluding carboxylic acids is 1. The topological polar surface area (TPSA) is 70.1 Å². The average Bonchev–Trinajstić information content (AvgIpc) is 2.84. The summed E-state index contributed by atoms with van der Waals surface area (Å²) in [6.45, 7) is 6.43. The number of ether oxygens (including phenoxy) is 1. The van der Waals surface area contributed by atoms with Gasteiger partial charge in [0.1, 0.15) is 11.6 Å². The molecule has 1 aliphatic carbocycles. The number of nitrogen functional groups attached to an aromatic ring is 1. The molecule has 0 spiro atoms. The fourth-order valence-corrected chi connectivity index (χ4v) is 3.31. The molecule has 5 nitrogen and oxygen atoms in total. The largest absolute Gasteiger partial charge is 0.461 e. The lowest BCUT2D eigenvalue weighted by Crippen LogP contribution is -2.21. The highest BCUT2D eigenvalue weighted by atomic mass is 16.5. The molecule has 1 aliphatic rings. The van der Waals surface area contributed by atoms with E-state index in [9.17, 15) is 4.79 Å². The number of rotatable bonds is 5. The van der Waals surface area contributed by atoms with Crippen LogP contribution in [0.4, 0.5) is 5.82 Å². The number of hydrogen-bond donors (Lipinski definition) is 1. The van der Waals surface area contributed by atoms with Crippen molar-refractivity contribution < 1.29 is 9.53 Å². The number of anilines is 1. The summed E-state index contributed by atoms with van der Waals surface area (Å²) in [4.78, 5) is 16.4. The summed E-state index contributed by atoms with van der Waals surface area (Å²) in [5, 5.41) is 0. The third-order valence-electron chi connectivity index (χ3n) is 4.56. The normalized spacial score (nSPS) is 22.2. The first-order valence-corrected chi connectivity index (χ1v) is 8.15. The Morgan fingerprint density at radius 1 is 1.29 bits per heavy atom. The molecule has 0 amide bonds. The van der Waals surface area contributed by atoms with Crippen molar-refractivity contribution in [1.29, 1.82) is 0 Å². The fourth-order valence-electron chi connectivity index (χ4n) is 3.31. The van der Waals surface area contributed by atoms with Gasteiger partial charge in [-0.05, 0) is 38.5 Å². The highest BCUT2D eigenvalue weighted by Gasteiger charge is 2.28. The molecule has 1 fully saturated rings. The second-order valence-corrected chi connectivity index (χ2v) is 5.79. The summed E-state index contributed by atoms with van der Waals surface area (Å²) >= 11 is 0. The first kappa shape index (κ1) is 15.9. The predicted molar refractivity (Wildman–Crippen MR) is 83.3 cm³/mol. The van der Waals surface area contributed by atoms with E-state index < -0.39 is 5.97 Å². The molecule has 1 heterocycles. The van der Waals surface area contributed by atoms with Crippen LogP contribution >= 0.6 is 0 Å². The van der Waals surface area contributed by atoms with E-state index in [2.05, 4.69) is 16.5 Å². The first-order chi connectivity index (χ1) is 10.1. The third-order valence-corrected chi connectivity index (χ3v) is 4.56. The highest BCUT2D eigenvalue weighted by Crippen LogP contribution is 2.36. The predicted octanol–water partition coefficient (Wildman–Crippen LogP) is 3.35. The minimum atomic E-state index is -0.411. The lowest BCUT2D eigenvalue weighted by atomic mass is 9.84. The Morgan fingerprint density at radius 3 is 2.48 bits per heavy atom. The zero-order valence-electron chi connectivity index (χ0n) is 13.4. The van der Waals surface area contributed by atoms with Crippen molar-refractivity contribution in [1.82, 2.24) is 9.55 Å². The Hall–Kier alpha value is -1.52. The second-order valence-electron chi connectivity index (χ2n) is 5.79. The molecule has 21 heavy (non-hydrogen) atoms. The van der Waals surface area contributed by atoms with Crippen LogP contribution in [0.5, 0.6) is 0 Å². The van der Waals surface area contributed by atoms with E-state index in [-0.39, 0.29) is 5.69 Å². The van der Waals surface area contributed by atoms with Crippen LogP contribution in [0.15, 0.2) is 0 Å². The SMILES string of the molecule is CCOC(=O)c1nc(CC)n(C2CCC(CC)CC2)c1N. The molecule has 118 valence electrons. The van der Waals surface area contributed by atoms with Crippen molar-refractivity contribution in [2.45, 2.75) is 65.3 Å². The third kappa shape index (κ3) is 3.22. The van der Waals surface area contributed by atoms with E-state index in [1.165, 1.54) is 19.3 Å². The van der Waals surface area contributed by atoms with Crippen LogP contribution in [-0.4, -0.2) is 22.1 Å². The molecule has 0 unspecified atom stereocenters. The van der Waals surface area contributed by atoms with Gasteiger partial charge in [0.25, 0.3) is 0 Å². The molecule has 0 aliphatic heterocycles. The van der Waals surface area contributed by atoms with Crippen molar-refractivity contribution in [2.75, 3.05) is 12.3 Å². The van der Waals surface area contributed by atoms with Gasteiger partial charge in [-0.2, -0.15) is 0 Å². The summed E-state index contributed by atoms with van der Waals surface area (Å²) in [6.07, 6.45) is 6.73. The summed E-state index contributed by atoms with van der Waals surface area (Å²) < 4.78 is 7.13. The number of hydrogen-bond acceptors (Lipinski definition) is 4. The standard InChI is InChI=1S/C16H27N3O2/c1-4-11-7-9-12(10-8-11)19-13(5-2)18-14(15(19)17)16(20)21-6-3/h11-12H,4-10,17H2,1-3H3. The Labute approximate surface area is 126 Å². The number of nitrogens with two attached hydrogens (primary N) is 1. The zero-order chi connectivity index (χ0) is 15.4. The van der Waals surface area contributed by atoms with Gasteiger partial charge in [0.15, 0.2) is 5.69 Å². The van der Waals surface area contributed by atoms with Crippen LogP contribution in [0.2, 0.25) is 0 Å². The highest BCUT2D eigenvalue weighted by molar-refractivity contribution is 5.92. The van der Waals surface area contributed by atoms with E-state index in [4.69, 9.17) is 10.5 Å². The number of imidazole rings is 1. The first-order valence-electron chi connectivity index (χ1n) is 8.15. The maximum atomic E-state index is 12.0. The van der Waals surface area contributed by atoms with Crippen molar-refractivity contribution in [3.8, 4) is 0 Å². The van der Waals surface area contributed by atoms with Crippen LogP contribution in [0, 0.1) is 5.92 Å². The summed E-state index contributed by atoms with van der Waals surface area (Å²) in [5.74, 6) is 1.80. The minimum Gasteiger partial charge on any atom is -0.461 e. The maximum Gasteiger partial charge on any atom is 0.360 e. The van der Waals surface area contributed by atoms with Gasteiger partial charge in [-0.3, -0.25) is 0 Å². The van der Waals surface area contributed by atoms with Crippen LogP contribution in [0.25, 0.3) is 0 Å². The van der Waals surface area contributed by atoms with Crippen LogP contribution in [0.3, 0.4) is 0 Å². The summed E-state index contributed by atoms with van der Waals surface area (Å²) in [7, 11) is 0. The Morgan fingerprint density at radius 2 is 1.95 bits per heavy atom. The summed E-state index contributed by atoms with van der Waals surface area (Å²) in [5.41, 5.74) is 6.49. The van der Waals surface area contributed by atoms with E-state index in [1.54, 1.807) is 6.92 Å². The minimum absolute atomic E-state index is 0.284. The molecule has 1 aromatic heterocycles. The Balaban J connectivity index is 2.24. The number of aryl methyl sites for hydroxylation is 1. The fraction of sp³-hybridized carbons (Fsp3) is 0.750. The van der Waals surface area contributed by atoms with Gasteiger partial charge in [0, 0.05) is 12.5 Å². The number of aromatic nitrogens is 2. The number of nitrogens with zero attached hydrogens (tertiary/aromatic N) is 2. The van der Waals surface area contributed by atoms with E-state index in [0.717, 1.165) is 31.0 Å². The molecule has 1 saturated carbocycles. The van der Waals surface area contributed by atoms with Gasteiger partial charge < -0.3 is 15.0 Å². The smallest absolute Gasteiger partial charge is 0.360 e. The van der Waals surface area contributed by atoms with E-state index in [0.29, 0.717) is 18.5 Å². The zero-order valence-corrected chi connectivity index (χ0v) is 13.4. The van der Waals surface area contributed by atoms with E-state index in [1.807, 2.05) is 6.92 Å².